The van der Waals surface area contributed by atoms with E-state index in [0.29, 0.717) is 0 Å². The van der Waals surface area contributed by atoms with E-state index in [1.165, 1.54) is 11.8 Å². The predicted molar refractivity (Wildman–Crippen MR) is 111 cm³/mol. The first kappa shape index (κ1) is 18.8. The van der Waals surface area contributed by atoms with Crippen molar-refractivity contribution in [3.8, 4) is 5.75 Å². The minimum atomic E-state index is -0.870. The summed E-state index contributed by atoms with van der Waals surface area (Å²) in [5, 5.41) is 10.6. The third-order valence-electron chi connectivity index (χ3n) is 5.02. The number of methoxy groups -OCH3 is 1. The van der Waals surface area contributed by atoms with Crippen LogP contribution in [0.3, 0.4) is 0 Å². The summed E-state index contributed by atoms with van der Waals surface area (Å²) in [4.78, 5) is 28.0. The molecule has 0 saturated heterocycles. The molecule has 0 unspecified atom stereocenters. The minimum Gasteiger partial charge on any atom is -0.497 e. The summed E-state index contributed by atoms with van der Waals surface area (Å²) in [5.41, 5.74) is 2.91. The molecule has 0 aliphatic carbocycles. The molecule has 144 valence electrons. The van der Waals surface area contributed by atoms with E-state index in [1.807, 2.05) is 55.5 Å². The average molecular weight is 414 g/mol. The number of nitrogens with one attached hydrogen (secondary N) is 1. The summed E-state index contributed by atoms with van der Waals surface area (Å²) < 4.78 is 5.22. The van der Waals surface area contributed by atoms with Gasteiger partial charge in [0.1, 0.15) is 5.75 Å². The van der Waals surface area contributed by atoms with Crippen LogP contribution in [0.4, 0.5) is 0 Å². The van der Waals surface area contributed by atoms with Crippen molar-refractivity contribution in [3.05, 3.63) is 79.8 Å². The zero-order chi connectivity index (χ0) is 19.8. The quantitative estimate of drug-likeness (QED) is 0.661. The highest BCUT2D eigenvalue weighted by atomic mass is 32.2. The van der Waals surface area contributed by atoms with E-state index in [1.54, 1.807) is 7.11 Å². The van der Waals surface area contributed by atoms with E-state index < -0.39 is 11.9 Å². The first-order valence-corrected chi connectivity index (χ1v) is 10.5. The highest BCUT2D eigenvalue weighted by molar-refractivity contribution is 7.99. The minimum absolute atomic E-state index is 0.158. The second-order valence-electron chi connectivity index (χ2n) is 6.77. The lowest BCUT2D eigenvalue weighted by Crippen LogP contribution is -2.30. The summed E-state index contributed by atoms with van der Waals surface area (Å²) in [6.45, 7) is 2.00. The Morgan fingerprint density at radius 2 is 1.71 bits per heavy atom. The molecule has 3 aromatic rings. The lowest BCUT2D eigenvalue weighted by molar-refractivity contribution is -0.142. The number of benzene rings is 2. The van der Waals surface area contributed by atoms with E-state index in [0.717, 1.165) is 43.7 Å². The number of fused-ring (bicyclic) bond motifs is 1. The molecule has 2 N–H and O–H groups in total. The van der Waals surface area contributed by atoms with Crippen molar-refractivity contribution < 1.29 is 14.6 Å². The van der Waals surface area contributed by atoms with Crippen molar-refractivity contribution >= 4 is 29.1 Å². The fourth-order valence-corrected chi connectivity index (χ4v) is 6.23. The molecule has 0 saturated carbocycles. The molecule has 5 nitrogen and oxygen atoms in total. The van der Waals surface area contributed by atoms with E-state index in [4.69, 9.17) is 4.74 Å². The molecule has 3 atom stereocenters. The van der Waals surface area contributed by atoms with Gasteiger partial charge in [0, 0.05) is 10.8 Å². The first-order chi connectivity index (χ1) is 13.5. The summed E-state index contributed by atoms with van der Waals surface area (Å²) in [5.74, 6) is -1.23. The fraction of sp³-hybridized carbons (Fsp3) is 0.238. The molecule has 1 aromatic heterocycles. The molecule has 0 bridgehead atoms. The average Bonchev–Trinajstić information content (AvgIpc) is 3.07. The summed E-state index contributed by atoms with van der Waals surface area (Å²) in [7, 11) is 1.60. The number of aryl methyl sites for hydroxylation is 1. The van der Waals surface area contributed by atoms with Crippen molar-refractivity contribution in [2.24, 2.45) is 5.92 Å². The van der Waals surface area contributed by atoms with Gasteiger partial charge in [0.2, 0.25) is 0 Å². The van der Waals surface area contributed by atoms with Gasteiger partial charge >= 0.3 is 10.8 Å². The van der Waals surface area contributed by atoms with Crippen molar-refractivity contribution in [3.63, 3.8) is 0 Å². The molecule has 2 aromatic carbocycles. The number of thioether (sulfide) groups is 1. The van der Waals surface area contributed by atoms with Crippen LogP contribution in [0.15, 0.2) is 58.4 Å². The van der Waals surface area contributed by atoms with Gasteiger partial charge < -0.3 is 14.8 Å². The van der Waals surface area contributed by atoms with Crippen LogP contribution in [0, 0.1) is 12.8 Å². The summed E-state index contributed by atoms with van der Waals surface area (Å²) in [6, 6.07) is 15.3. The maximum atomic E-state index is 12.4. The first-order valence-electron chi connectivity index (χ1n) is 8.81. The van der Waals surface area contributed by atoms with Gasteiger partial charge in [-0.15, -0.1) is 0 Å². The third-order valence-corrected chi connectivity index (χ3v) is 7.49. The topological polar surface area (TPSA) is 79.4 Å². The monoisotopic (exact) mass is 413 g/mol. The number of ether oxygens (including phenoxy) is 1. The number of carboxylic acids is 1. The smallest absolute Gasteiger partial charge is 0.308 e. The number of thiazole rings is 1. The summed E-state index contributed by atoms with van der Waals surface area (Å²) in [6.07, 6.45) is 0. The number of aromatic nitrogens is 1. The molecule has 28 heavy (non-hydrogen) atoms. The molecule has 1 aliphatic heterocycles. The molecule has 0 radical (unpaired) electrons. The van der Waals surface area contributed by atoms with Gasteiger partial charge in [-0.05, 0) is 30.2 Å². The summed E-state index contributed by atoms with van der Waals surface area (Å²) >= 11 is 2.52. The van der Waals surface area contributed by atoms with Gasteiger partial charge in [0.15, 0.2) is 0 Å². The van der Waals surface area contributed by atoms with Crippen LogP contribution in [0.2, 0.25) is 0 Å². The van der Waals surface area contributed by atoms with E-state index >= 15 is 0 Å². The van der Waals surface area contributed by atoms with Gasteiger partial charge in [-0.3, -0.25) is 9.59 Å². The fourth-order valence-electron chi connectivity index (χ4n) is 3.63. The lowest BCUT2D eigenvalue weighted by atomic mass is 9.80. The molecular formula is C21H19NO4S2. The van der Waals surface area contributed by atoms with Crippen LogP contribution < -0.4 is 9.61 Å². The number of carboxylic acid groups (broad SMARTS) is 1. The Hall–Kier alpha value is -2.51. The molecule has 0 spiro atoms. The highest BCUT2D eigenvalue weighted by Crippen LogP contribution is 2.55. The van der Waals surface area contributed by atoms with Crippen LogP contribution >= 0.6 is 23.1 Å². The standard InChI is InChI=1S/C21H19NO4S2/c1-11-3-5-12(6-4-11)15-16(20(23)24)17(13-7-9-14(26-2)10-8-13)27-19-18(15)28-21(25)22-19/h3-10,15-17H,1-2H3,(H,22,25)(H,23,24)/t15-,16-,17-/m0/s1. The molecule has 4 rings (SSSR count). The Kier molecular flexibility index (Phi) is 5.03. The second-order valence-corrected chi connectivity index (χ2v) is 8.94. The largest absolute Gasteiger partial charge is 0.497 e. The van der Waals surface area contributed by atoms with Crippen molar-refractivity contribution in [1.29, 1.82) is 0 Å². The Labute approximate surface area is 170 Å². The van der Waals surface area contributed by atoms with Crippen LogP contribution in [0.25, 0.3) is 0 Å². The van der Waals surface area contributed by atoms with Gasteiger partial charge in [-0.2, -0.15) is 0 Å². The van der Waals surface area contributed by atoms with Crippen molar-refractivity contribution in [1.82, 2.24) is 4.98 Å². The Balaban J connectivity index is 1.87. The predicted octanol–water partition coefficient (Wildman–Crippen LogP) is 4.43. The van der Waals surface area contributed by atoms with Gasteiger partial charge in [-0.1, -0.05) is 65.1 Å². The van der Waals surface area contributed by atoms with Crippen LogP contribution in [0.1, 0.15) is 32.7 Å². The molecule has 0 fully saturated rings. The zero-order valence-electron chi connectivity index (χ0n) is 15.3. The maximum absolute atomic E-state index is 12.4. The van der Waals surface area contributed by atoms with Crippen molar-refractivity contribution in [2.75, 3.05) is 7.11 Å². The molecule has 1 aliphatic rings. The number of rotatable bonds is 4. The number of aliphatic carboxylic acids is 1. The van der Waals surface area contributed by atoms with E-state index in [-0.39, 0.29) is 16.0 Å². The molecular weight excluding hydrogens is 394 g/mol. The SMILES string of the molecule is COc1ccc([C@@H]2Sc3[nH]c(=O)sc3[C@@H](c3ccc(C)cc3)[C@@H]2C(=O)O)cc1. The lowest BCUT2D eigenvalue weighted by Gasteiger charge is -2.35. The zero-order valence-corrected chi connectivity index (χ0v) is 17.0. The Bertz CT molecular complexity index is 1050. The molecule has 2 heterocycles. The number of hydrogen-bond donors (Lipinski definition) is 2. The Morgan fingerprint density at radius 1 is 1.07 bits per heavy atom. The van der Waals surface area contributed by atoms with Gasteiger partial charge in [0.05, 0.1) is 23.3 Å². The normalized spacial score (nSPS) is 21.1. The number of aromatic amines is 1. The third kappa shape index (κ3) is 3.36. The Morgan fingerprint density at radius 3 is 2.32 bits per heavy atom. The van der Waals surface area contributed by atoms with Gasteiger partial charge in [-0.25, -0.2) is 0 Å². The van der Waals surface area contributed by atoms with E-state index in [9.17, 15) is 14.7 Å². The number of hydrogen-bond acceptors (Lipinski definition) is 5. The second kappa shape index (κ2) is 7.48. The van der Waals surface area contributed by atoms with Crippen molar-refractivity contribution in [2.45, 2.75) is 23.1 Å². The molecule has 7 heteroatoms. The highest BCUT2D eigenvalue weighted by Gasteiger charge is 2.45. The number of carbonyl (C=O) groups is 1. The van der Waals surface area contributed by atoms with Crippen LogP contribution in [0.5, 0.6) is 5.75 Å². The van der Waals surface area contributed by atoms with Gasteiger partial charge in [0.25, 0.3) is 0 Å². The van der Waals surface area contributed by atoms with Crippen LogP contribution in [-0.2, 0) is 4.79 Å². The van der Waals surface area contributed by atoms with Crippen LogP contribution in [-0.4, -0.2) is 23.2 Å². The maximum Gasteiger partial charge on any atom is 0.308 e. The molecule has 0 amide bonds. The number of H-pyrrole nitrogens is 1. The van der Waals surface area contributed by atoms with E-state index in [2.05, 4.69) is 4.98 Å².